The van der Waals surface area contributed by atoms with Gasteiger partial charge in [0, 0.05) is 29.5 Å². The van der Waals surface area contributed by atoms with Crippen LogP contribution in [0.15, 0.2) is 41.1 Å². The van der Waals surface area contributed by atoms with Crippen molar-refractivity contribution in [1.29, 1.82) is 0 Å². The van der Waals surface area contributed by atoms with Gasteiger partial charge in [-0.1, -0.05) is 28.1 Å². The van der Waals surface area contributed by atoms with E-state index in [2.05, 4.69) is 55.5 Å². The number of aromatic nitrogens is 2. The summed E-state index contributed by atoms with van der Waals surface area (Å²) in [6.07, 6.45) is 6.08. The number of halogens is 1. The lowest BCUT2D eigenvalue weighted by molar-refractivity contribution is 0.288. The molecule has 0 saturated heterocycles. The Balaban J connectivity index is 1.48. The van der Waals surface area contributed by atoms with E-state index in [4.69, 9.17) is 0 Å². The Morgan fingerprint density at radius 3 is 2.80 bits per heavy atom. The predicted octanol–water partition coefficient (Wildman–Crippen LogP) is 3.58. The fraction of sp³-hybridized carbons (Fsp3) is 0.375. The Morgan fingerprint density at radius 1 is 1.25 bits per heavy atom. The van der Waals surface area contributed by atoms with Gasteiger partial charge in [-0.05, 0) is 43.4 Å². The van der Waals surface area contributed by atoms with Crippen LogP contribution in [0.1, 0.15) is 35.7 Å². The molecule has 1 aliphatic carbocycles. The van der Waals surface area contributed by atoms with E-state index in [9.17, 15) is 0 Å². The summed E-state index contributed by atoms with van der Waals surface area (Å²) in [6.45, 7) is 2.77. The molecule has 0 amide bonds. The van der Waals surface area contributed by atoms with Crippen LogP contribution in [0.3, 0.4) is 0 Å². The maximum atomic E-state index is 4.37. The van der Waals surface area contributed by atoms with Crippen molar-refractivity contribution in [1.82, 2.24) is 15.3 Å². The molecule has 0 aliphatic heterocycles. The molecule has 1 saturated carbocycles. The van der Waals surface area contributed by atoms with Gasteiger partial charge in [0.05, 0.1) is 11.4 Å². The third kappa shape index (κ3) is 3.25. The number of hydrogen-bond donors (Lipinski definition) is 1. The second kappa shape index (κ2) is 6.02. The van der Waals surface area contributed by atoms with Crippen molar-refractivity contribution in [2.45, 2.75) is 38.3 Å². The minimum Gasteiger partial charge on any atom is -0.308 e. The number of rotatable bonds is 4. The van der Waals surface area contributed by atoms with Crippen molar-refractivity contribution in [2.75, 3.05) is 0 Å². The molecule has 3 nitrogen and oxygen atoms in total. The summed E-state index contributed by atoms with van der Waals surface area (Å²) in [6, 6.07) is 9.24. The quantitative estimate of drug-likeness (QED) is 0.930. The highest BCUT2D eigenvalue weighted by atomic mass is 79.9. The van der Waals surface area contributed by atoms with Gasteiger partial charge in [0.1, 0.15) is 0 Å². The van der Waals surface area contributed by atoms with Crippen molar-refractivity contribution >= 4 is 15.9 Å². The maximum absolute atomic E-state index is 4.37. The van der Waals surface area contributed by atoms with Crippen molar-refractivity contribution < 1.29 is 0 Å². The Morgan fingerprint density at radius 2 is 2.10 bits per heavy atom. The molecule has 1 fully saturated rings. The van der Waals surface area contributed by atoms with Gasteiger partial charge in [-0.25, -0.2) is 0 Å². The lowest BCUT2D eigenvalue weighted by Crippen LogP contribution is -2.39. The molecule has 1 heterocycles. The molecule has 0 unspecified atom stereocenters. The fourth-order valence-electron chi connectivity index (χ4n) is 2.58. The molecule has 0 atom stereocenters. The second-order valence-electron chi connectivity index (χ2n) is 5.45. The molecule has 1 aromatic heterocycles. The number of aryl methyl sites for hydroxylation is 1. The zero-order valence-electron chi connectivity index (χ0n) is 11.5. The second-order valence-corrected chi connectivity index (χ2v) is 6.37. The van der Waals surface area contributed by atoms with Crippen LogP contribution in [-0.4, -0.2) is 16.0 Å². The highest BCUT2D eigenvalue weighted by molar-refractivity contribution is 9.10. The number of hydrogen-bond acceptors (Lipinski definition) is 3. The Kier molecular flexibility index (Phi) is 4.13. The van der Waals surface area contributed by atoms with E-state index in [0.29, 0.717) is 12.0 Å². The minimum absolute atomic E-state index is 0.599. The average molecular weight is 332 g/mol. The lowest BCUT2D eigenvalue weighted by atomic mass is 9.76. The van der Waals surface area contributed by atoms with Gasteiger partial charge in [-0.15, -0.1) is 0 Å². The first-order chi connectivity index (χ1) is 9.70. The Bertz CT molecular complexity index is 577. The summed E-state index contributed by atoms with van der Waals surface area (Å²) >= 11 is 3.54. The van der Waals surface area contributed by atoms with Gasteiger partial charge in [0.15, 0.2) is 0 Å². The van der Waals surface area contributed by atoms with E-state index in [0.717, 1.165) is 17.9 Å². The summed E-state index contributed by atoms with van der Waals surface area (Å²) in [5.74, 6) is 0.689. The molecule has 0 bridgehead atoms. The van der Waals surface area contributed by atoms with E-state index in [1.807, 2.05) is 19.3 Å². The molecule has 1 aliphatic rings. The molecule has 20 heavy (non-hydrogen) atoms. The summed E-state index contributed by atoms with van der Waals surface area (Å²) in [4.78, 5) is 8.63. The third-order valence-electron chi connectivity index (χ3n) is 3.86. The van der Waals surface area contributed by atoms with Crippen molar-refractivity contribution in [3.63, 3.8) is 0 Å². The molecule has 1 N–H and O–H groups in total. The standard InChI is InChI=1S/C16H18BrN3/c1-11-8-19-16(9-18-11)10-20-15-6-13(7-15)12-3-2-4-14(17)5-12/h2-5,8-9,13,15,20H,6-7,10H2,1H3. The van der Waals surface area contributed by atoms with Gasteiger partial charge in [0.25, 0.3) is 0 Å². The predicted molar refractivity (Wildman–Crippen MR) is 83.5 cm³/mol. The molecule has 0 spiro atoms. The normalized spacial score (nSPS) is 21.5. The molecule has 104 valence electrons. The molecule has 3 rings (SSSR count). The van der Waals surface area contributed by atoms with Crippen LogP contribution >= 0.6 is 15.9 Å². The Labute approximate surface area is 128 Å². The van der Waals surface area contributed by atoms with E-state index in [-0.39, 0.29) is 0 Å². The van der Waals surface area contributed by atoms with Crippen molar-refractivity contribution in [3.05, 3.63) is 58.1 Å². The van der Waals surface area contributed by atoms with Gasteiger partial charge < -0.3 is 5.32 Å². The SMILES string of the molecule is Cc1cnc(CNC2CC(c3cccc(Br)c3)C2)cn1. The zero-order chi connectivity index (χ0) is 13.9. The third-order valence-corrected chi connectivity index (χ3v) is 4.36. The molecule has 4 heteroatoms. The van der Waals surface area contributed by atoms with Crippen LogP contribution in [-0.2, 0) is 6.54 Å². The summed E-state index contributed by atoms with van der Waals surface area (Å²) in [5.41, 5.74) is 3.42. The van der Waals surface area contributed by atoms with Crippen LogP contribution < -0.4 is 5.32 Å². The fourth-order valence-corrected chi connectivity index (χ4v) is 2.99. The smallest absolute Gasteiger partial charge is 0.0724 e. The van der Waals surface area contributed by atoms with Gasteiger partial charge in [0.2, 0.25) is 0 Å². The molecule has 0 radical (unpaired) electrons. The van der Waals surface area contributed by atoms with Crippen LogP contribution in [0.5, 0.6) is 0 Å². The molecule has 2 aromatic rings. The van der Waals surface area contributed by atoms with E-state index < -0.39 is 0 Å². The molecular formula is C16H18BrN3. The monoisotopic (exact) mass is 331 g/mol. The van der Waals surface area contributed by atoms with E-state index in [1.54, 1.807) is 0 Å². The van der Waals surface area contributed by atoms with Gasteiger partial charge in [-0.2, -0.15) is 0 Å². The molecule has 1 aromatic carbocycles. The first kappa shape index (κ1) is 13.7. The van der Waals surface area contributed by atoms with E-state index >= 15 is 0 Å². The van der Waals surface area contributed by atoms with Gasteiger partial charge >= 0.3 is 0 Å². The van der Waals surface area contributed by atoms with Crippen LogP contribution in [0, 0.1) is 6.92 Å². The Hall–Kier alpha value is -1.26. The highest BCUT2D eigenvalue weighted by Crippen LogP contribution is 2.37. The number of nitrogens with one attached hydrogen (secondary N) is 1. The van der Waals surface area contributed by atoms with Crippen LogP contribution in [0.25, 0.3) is 0 Å². The lowest BCUT2D eigenvalue weighted by Gasteiger charge is -2.36. The first-order valence-corrected chi connectivity index (χ1v) is 7.76. The van der Waals surface area contributed by atoms with Crippen molar-refractivity contribution in [3.8, 4) is 0 Å². The van der Waals surface area contributed by atoms with Crippen molar-refractivity contribution in [2.24, 2.45) is 0 Å². The van der Waals surface area contributed by atoms with Crippen LogP contribution in [0.4, 0.5) is 0 Å². The topological polar surface area (TPSA) is 37.8 Å². The maximum Gasteiger partial charge on any atom is 0.0724 e. The zero-order valence-corrected chi connectivity index (χ0v) is 13.1. The number of benzene rings is 1. The summed E-state index contributed by atoms with van der Waals surface area (Å²) in [5, 5.41) is 3.55. The summed E-state index contributed by atoms with van der Waals surface area (Å²) in [7, 11) is 0. The number of nitrogens with zero attached hydrogens (tertiary/aromatic N) is 2. The largest absolute Gasteiger partial charge is 0.308 e. The van der Waals surface area contributed by atoms with Gasteiger partial charge in [-0.3, -0.25) is 9.97 Å². The minimum atomic E-state index is 0.599. The van der Waals surface area contributed by atoms with E-state index in [1.165, 1.54) is 22.9 Å². The summed E-state index contributed by atoms with van der Waals surface area (Å²) < 4.78 is 1.17. The molecular weight excluding hydrogens is 314 g/mol. The first-order valence-electron chi connectivity index (χ1n) is 6.97. The average Bonchev–Trinajstić information content (AvgIpc) is 2.39. The highest BCUT2D eigenvalue weighted by Gasteiger charge is 2.29. The van der Waals surface area contributed by atoms with Crippen LogP contribution in [0.2, 0.25) is 0 Å².